The van der Waals surface area contributed by atoms with E-state index in [1.165, 1.54) is 31.4 Å². The maximum atomic E-state index is 4.37. The van der Waals surface area contributed by atoms with Crippen molar-refractivity contribution >= 4 is 27.3 Å². The lowest BCUT2D eigenvalue weighted by atomic mass is 9.78. The Morgan fingerprint density at radius 1 is 1.57 bits per heavy atom. The zero-order chi connectivity index (χ0) is 9.97. The molecule has 1 saturated carbocycles. The third-order valence-corrected chi connectivity index (χ3v) is 4.72. The fourth-order valence-electron chi connectivity index (χ4n) is 2.25. The van der Waals surface area contributed by atoms with Gasteiger partial charge in [0.15, 0.2) is 0 Å². The van der Waals surface area contributed by atoms with Gasteiger partial charge in [-0.3, -0.25) is 0 Å². The van der Waals surface area contributed by atoms with Crippen LogP contribution in [0.15, 0.2) is 10.9 Å². The molecule has 3 heteroatoms. The number of nitrogens with zero attached hydrogens (tertiary/aromatic N) is 1. The van der Waals surface area contributed by atoms with E-state index >= 15 is 0 Å². The van der Waals surface area contributed by atoms with Crippen molar-refractivity contribution in [2.75, 3.05) is 0 Å². The fraction of sp³-hybridized carbons (Fsp3) is 0.727. The molecule has 0 amide bonds. The largest absolute Gasteiger partial charge is 0.250 e. The van der Waals surface area contributed by atoms with Gasteiger partial charge in [0.2, 0.25) is 0 Å². The van der Waals surface area contributed by atoms with Gasteiger partial charge < -0.3 is 0 Å². The SMILES string of the molecule is CC1CCC(Br)CC1Cc1cscn1. The van der Waals surface area contributed by atoms with E-state index in [2.05, 4.69) is 33.2 Å². The summed E-state index contributed by atoms with van der Waals surface area (Å²) in [5.74, 6) is 1.70. The maximum Gasteiger partial charge on any atom is 0.0794 e. The first kappa shape index (κ1) is 10.6. The lowest BCUT2D eigenvalue weighted by Crippen LogP contribution is -2.24. The molecule has 1 aromatic rings. The Hall–Kier alpha value is 0.110. The van der Waals surface area contributed by atoms with E-state index in [1.807, 2.05) is 5.51 Å². The minimum Gasteiger partial charge on any atom is -0.250 e. The molecule has 3 unspecified atom stereocenters. The topological polar surface area (TPSA) is 12.9 Å². The minimum atomic E-state index is 0.738. The Bertz CT molecular complexity index is 273. The van der Waals surface area contributed by atoms with Gasteiger partial charge in [-0.2, -0.15) is 0 Å². The highest BCUT2D eigenvalue weighted by Crippen LogP contribution is 2.35. The van der Waals surface area contributed by atoms with Gasteiger partial charge in [-0.15, -0.1) is 11.3 Å². The van der Waals surface area contributed by atoms with Crippen molar-refractivity contribution in [2.24, 2.45) is 11.8 Å². The smallest absolute Gasteiger partial charge is 0.0794 e. The quantitative estimate of drug-likeness (QED) is 0.746. The number of rotatable bonds is 2. The van der Waals surface area contributed by atoms with E-state index in [0.29, 0.717) is 0 Å². The summed E-state index contributed by atoms with van der Waals surface area (Å²) in [5.41, 5.74) is 3.22. The van der Waals surface area contributed by atoms with E-state index in [9.17, 15) is 0 Å². The van der Waals surface area contributed by atoms with Crippen molar-refractivity contribution in [1.82, 2.24) is 4.98 Å². The predicted octanol–water partition coefficient (Wildman–Crippen LogP) is 3.89. The highest BCUT2D eigenvalue weighted by Gasteiger charge is 2.26. The molecule has 1 fully saturated rings. The third kappa shape index (κ3) is 2.57. The van der Waals surface area contributed by atoms with E-state index in [1.54, 1.807) is 11.3 Å². The number of hydrogen-bond acceptors (Lipinski definition) is 2. The predicted molar refractivity (Wildman–Crippen MR) is 65.0 cm³/mol. The number of alkyl halides is 1. The molecule has 1 nitrogen and oxygen atoms in total. The Kier molecular flexibility index (Phi) is 3.61. The van der Waals surface area contributed by atoms with Gasteiger partial charge in [-0.1, -0.05) is 22.9 Å². The van der Waals surface area contributed by atoms with Crippen molar-refractivity contribution in [3.8, 4) is 0 Å². The first-order valence-corrected chi connectivity index (χ1v) is 7.12. The van der Waals surface area contributed by atoms with Crippen molar-refractivity contribution in [2.45, 2.75) is 37.4 Å². The zero-order valence-corrected chi connectivity index (χ0v) is 10.9. The minimum absolute atomic E-state index is 0.738. The van der Waals surface area contributed by atoms with E-state index in [0.717, 1.165) is 16.7 Å². The average molecular weight is 274 g/mol. The van der Waals surface area contributed by atoms with Crippen molar-refractivity contribution in [3.05, 3.63) is 16.6 Å². The molecule has 1 aliphatic carbocycles. The average Bonchev–Trinajstić information content (AvgIpc) is 2.64. The molecule has 78 valence electrons. The summed E-state index contributed by atoms with van der Waals surface area (Å²) in [5, 5.41) is 2.19. The molecular weight excluding hydrogens is 258 g/mol. The molecule has 1 aliphatic rings. The van der Waals surface area contributed by atoms with Crippen molar-refractivity contribution in [3.63, 3.8) is 0 Å². The Balaban J connectivity index is 1.95. The van der Waals surface area contributed by atoms with Crippen LogP contribution in [0.25, 0.3) is 0 Å². The van der Waals surface area contributed by atoms with Gasteiger partial charge in [0.05, 0.1) is 11.2 Å². The van der Waals surface area contributed by atoms with Gasteiger partial charge >= 0.3 is 0 Å². The molecule has 0 bridgehead atoms. The van der Waals surface area contributed by atoms with Crippen LogP contribution in [-0.2, 0) is 6.42 Å². The molecule has 3 atom stereocenters. The van der Waals surface area contributed by atoms with Gasteiger partial charge in [0.1, 0.15) is 0 Å². The van der Waals surface area contributed by atoms with Gasteiger partial charge in [0.25, 0.3) is 0 Å². The first-order valence-electron chi connectivity index (χ1n) is 5.27. The molecule has 1 aromatic heterocycles. The number of halogens is 1. The standard InChI is InChI=1S/C11H16BrNS/c1-8-2-3-10(12)4-9(8)5-11-6-14-7-13-11/h6-10H,2-5H2,1H3. The molecule has 0 aromatic carbocycles. The van der Waals surface area contributed by atoms with Crippen LogP contribution in [0.4, 0.5) is 0 Å². The van der Waals surface area contributed by atoms with Gasteiger partial charge in [-0.05, 0) is 37.5 Å². The Labute approximate surface area is 98.1 Å². The van der Waals surface area contributed by atoms with Crippen LogP contribution in [0.1, 0.15) is 31.9 Å². The lowest BCUT2D eigenvalue weighted by Gasteiger charge is -2.31. The maximum absolute atomic E-state index is 4.37. The van der Waals surface area contributed by atoms with Crippen LogP contribution in [-0.4, -0.2) is 9.81 Å². The second-order valence-electron chi connectivity index (χ2n) is 4.33. The number of thiazole rings is 1. The third-order valence-electron chi connectivity index (χ3n) is 3.25. The summed E-state index contributed by atoms with van der Waals surface area (Å²) in [4.78, 5) is 5.11. The van der Waals surface area contributed by atoms with Gasteiger partial charge in [-0.25, -0.2) is 4.98 Å². The van der Waals surface area contributed by atoms with Crippen LogP contribution in [0.5, 0.6) is 0 Å². The van der Waals surface area contributed by atoms with E-state index in [4.69, 9.17) is 0 Å². The molecule has 1 heterocycles. The van der Waals surface area contributed by atoms with Crippen molar-refractivity contribution in [1.29, 1.82) is 0 Å². The van der Waals surface area contributed by atoms with Crippen LogP contribution >= 0.6 is 27.3 Å². The summed E-state index contributed by atoms with van der Waals surface area (Å²) in [6.45, 7) is 2.38. The van der Waals surface area contributed by atoms with Gasteiger partial charge in [0, 0.05) is 10.2 Å². The Morgan fingerprint density at radius 2 is 2.43 bits per heavy atom. The normalized spacial score (nSPS) is 33.1. The van der Waals surface area contributed by atoms with Crippen LogP contribution in [0.2, 0.25) is 0 Å². The second kappa shape index (κ2) is 4.75. The number of aromatic nitrogens is 1. The lowest BCUT2D eigenvalue weighted by molar-refractivity contribution is 0.261. The molecular formula is C11H16BrNS. The summed E-state index contributed by atoms with van der Waals surface area (Å²) < 4.78 is 0. The summed E-state index contributed by atoms with van der Waals surface area (Å²) in [6.07, 6.45) is 5.20. The molecule has 2 rings (SSSR count). The Morgan fingerprint density at radius 3 is 3.14 bits per heavy atom. The monoisotopic (exact) mass is 273 g/mol. The summed E-state index contributed by atoms with van der Waals surface area (Å²) in [7, 11) is 0. The van der Waals surface area contributed by atoms with E-state index < -0.39 is 0 Å². The second-order valence-corrected chi connectivity index (χ2v) is 6.35. The summed E-state index contributed by atoms with van der Waals surface area (Å²) in [6, 6.07) is 0. The van der Waals surface area contributed by atoms with Crippen molar-refractivity contribution < 1.29 is 0 Å². The molecule has 0 spiro atoms. The highest BCUT2D eigenvalue weighted by molar-refractivity contribution is 9.09. The van der Waals surface area contributed by atoms with E-state index in [-0.39, 0.29) is 0 Å². The molecule has 14 heavy (non-hydrogen) atoms. The molecule has 0 saturated heterocycles. The number of hydrogen-bond donors (Lipinski definition) is 0. The first-order chi connectivity index (χ1) is 6.75. The summed E-state index contributed by atoms with van der Waals surface area (Å²) >= 11 is 5.45. The van der Waals surface area contributed by atoms with Crippen LogP contribution < -0.4 is 0 Å². The zero-order valence-electron chi connectivity index (χ0n) is 8.45. The van der Waals surface area contributed by atoms with Crippen LogP contribution in [0, 0.1) is 11.8 Å². The molecule has 0 N–H and O–H groups in total. The fourth-order valence-corrected chi connectivity index (χ4v) is 3.57. The molecule has 0 aliphatic heterocycles. The van der Waals surface area contributed by atoms with Crippen LogP contribution in [0.3, 0.4) is 0 Å². The molecule has 0 radical (unpaired) electrons. The highest BCUT2D eigenvalue weighted by atomic mass is 79.9.